The van der Waals surface area contributed by atoms with Crippen LogP contribution >= 0.6 is 0 Å². The third-order valence-corrected chi connectivity index (χ3v) is 4.38. The van der Waals surface area contributed by atoms with E-state index in [0.717, 1.165) is 25.7 Å². The minimum absolute atomic E-state index is 0.196. The van der Waals surface area contributed by atoms with Crippen LogP contribution in [0.2, 0.25) is 0 Å². The van der Waals surface area contributed by atoms with Crippen molar-refractivity contribution in [2.45, 2.75) is 56.8 Å². The van der Waals surface area contributed by atoms with E-state index in [1.54, 1.807) is 0 Å². The Morgan fingerprint density at radius 1 is 1.35 bits per heavy atom. The summed E-state index contributed by atoms with van der Waals surface area (Å²) in [5.41, 5.74) is -0.439. The van der Waals surface area contributed by atoms with E-state index in [2.05, 4.69) is 0 Å². The van der Waals surface area contributed by atoms with Crippen LogP contribution in [-0.4, -0.2) is 29.1 Å². The van der Waals surface area contributed by atoms with Crippen LogP contribution in [-0.2, 0) is 14.3 Å². The molecule has 96 valence electrons. The zero-order valence-electron chi connectivity index (χ0n) is 10.3. The monoisotopic (exact) mass is 240 g/mol. The average Bonchev–Trinajstić information content (AvgIpc) is 2.11. The SMILES string of the molecule is CCOC(=O)CC12C[C@@H]3C[C@@H](CC(O)(C3)O1)C2. The molecule has 1 N–H and O–H groups in total. The second-order valence-electron chi connectivity index (χ2n) is 6.00. The van der Waals surface area contributed by atoms with Gasteiger partial charge in [0.05, 0.1) is 18.6 Å². The number of rotatable bonds is 3. The quantitative estimate of drug-likeness (QED) is 0.761. The van der Waals surface area contributed by atoms with Gasteiger partial charge in [0.25, 0.3) is 0 Å². The first-order valence-corrected chi connectivity index (χ1v) is 6.61. The Kier molecular flexibility index (Phi) is 2.49. The van der Waals surface area contributed by atoms with E-state index in [0.29, 0.717) is 24.9 Å². The van der Waals surface area contributed by atoms with Crippen LogP contribution in [0.5, 0.6) is 0 Å². The number of aliphatic hydroxyl groups is 1. The number of carbonyl (C=O) groups is 1. The fourth-order valence-corrected chi connectivity index (χ4v) is 4.30. The van der Waals surface area contributed by atoms with Crippen molar-refractivity contribution in [3.05, 3.63) is 0 Å². The minimum Gasteiger partial charge on any atom is -0.466 e. The van der Waals surface area contributed by atoms with E-state index >= 15 is 0 Å². The summed E-state index contributed by atoms with van der Waals surface area (Å²) in [6, 6.07) is 0. The molecule has 4 nitrogen and oxygen atoms in total. The third kappa shape index (κ3) is 1.97. The number of carbonyl (C=O) groups excluding carboxylic acids is 1. The van der Waals surface area contributed by atoms with Crippen molar-refractivity contribution in [2.75, 3.05) is 6.61 Å². The molecule has 0 spiro atoms. The lowest BCUT2D eigenvalue weighted by Gasteiger charge is -2.59. The Morgan fingerprint density at radius 2 is 2.00 bits per heavy atom. The fourth-order valence-electron chi connectivity index (χ4n) is 4.30. The van der Waals surface area contributed by atoms with Crippen molar-refractivity contribution >= 4 is 5.97 Å². The van der Waals surface area contributed by atoms with Crippen LogP contribution < -0.4 is 0 Å². The van der Waals surface area contributed by atoms with Gasteiger partial charge >= 0.3 is 5.97 Å². The molecule has 4 heteroatoms. The molecule has 2 aliphatic heterocycles. The van der Waals surface area contributed by atoms with Gasteiger partial charge in [0.1, 0.15) is 0 Å². The van der Waals surface area contributed by atoms with E-state index in [9.17, 15) is 9.90 Å². The van der Waals surface area contributed by atoms with Crippen LogP contribution in [0.15, 0.2) is 0 Å². The molecule has 0 radical (unpaired) electrons. The average molecular weight is 240 g/mol. The first-order valence-electron chi connectivity index (χ1n) is 6.61. The van der Waals surface area contributed by atoms with E-state index in [1.807, 2.05) is 6.92 Å². The fraction of sp³-hybridized carbons (Fsp3) is 0.923. The molecule has 2 unspecified atom stereocenters. The van der Waals surface area contributed by atoms with Crippen molar-refractivity contribution in [1.29, 1.82) is 0 Å². The van der Waals surface area contributed by atoms with E-state index in [-0.39, 0.29) is 5.97 Å². The Morgan fingerprint density at radius 3 is 2.53 bits per heavy atom. The number of hydrogen-bond acceptors (Lipinski definition) is 4. The predicted molar refractivity (Wildman–Crippen MR) is 60.1 cm³/mol. The van der Waals surface area contributed by atoms with Crippen LogP contribution in [0.25, 0.3) is 0 Å². The molecule has 4 bridgehead atoms. The molecule has 2 saturated carbocycles. The lowest BCUT2D eigenvalue weighted by molar-refractivity contribution is -0.355. The molecule has 2 aliphatic carbocycles. The molecule has 0 aromatic heterocycles. The number of hydrogen-bond donors (Lipinski definition) is 1. The van der Waals surface area contributed by atoms with Gasteiger partial charge < -0.3 is 14.6 Å². The highest BCUT2D eigenvalue weighted by Gasteiger charge is 2.58. The second kappa shape index (κ2) is 3.69. The zero-order valence-corrected chi connectivity index (χ0v) is 10.3. The summed E-state index contributed by atoms with van der Waals surface area (Å²) in [5, 5.41) is 10.3. The summed E-state index contributed by atoms with van der Waals surface area (Å²) in [6.07, 6.45) is 4.80. The molecule has 4 aliphatic rings. The third-order valence-electron chi connectivity index (χ3n) is 4.38. The molecule has 0 aromatic carbocycles. The number of esters is 1. The van der Waals surface area contributed by atoms with E-state index < -0.39 is 11.4 Å². The summed E-state index contributed by atoms with van der Waals surface area (Å²) >= 11 is 0. The van der Waals surface area contributed by atoms with Crippen LogP contribution in [0.4, 0.5) is 0 Å². The lowest BCUT2D eigenvalue weighted by Crippen LogP contribution is -2.61. The highest BCUT2D eigenvalue weighted by Crippen LogP contribution is 2.57. The Labute approximate surface area is 101 Å². The van der Waals surface area contributed by atoms with Crippen LogP contribution in [0.1, 0.15) is 45.4 Å². The maximum Gasteiger partial charge on any atom is 0.308 e. The molecular formula is C13H20O4. The normalized spacial score (nSPS) is 47.2. The van der Waals surface area contributed by atoms with Gasteiger partial charge in [-0.15, -0.1) is 0 Å². The van der Waals surface area contributed by atoms with E-state index in [4.69, 9.17) is 9.47 Å². The first-order chi connectivity index (χ1) is 8.03. The number of ether oxygens (including phenoxy) is 2. The predicted octanol–water partition coefficient (Wildman–Crippen LogP) is 1.61. The van der Waals surface area contributed by atoms with Gasteiger partial charge in [-0.1, -0.05) is 0 Å². The van der Waals surface area contributed by atoms with Gasteiger partial charge in [0.2, 0.25) is 0 Å². The zero-order chi connectivity index (χ0) is 12.1. The van der Waals surface area contributed by atoms with E-state index in [1.165, 1.54) is 6.42 Å². The van der Waals surface area contributed by atoms with Crippen molar-refractivity contribution < 1.29 is 19.4 Å². The van der Waals surface area contributed by atoms with Crippen molar-refractivity contribution in [3.8, 4) is 0 Å². The van der Waals surface area contributed by atoms with Crippen LogP contribution in [0, 0.1) is 11.8 Å². The molecule has 4 atom stereocenters. The van der Waals surface area contributed by atoms with Gasteiger partial charge in [0, 0.05) is 12.8 Å². The Balaban J connectivity index is 1.76. The van der Waals surface area contributed by atoms with Crippen molar-refractivity contribution in [3.63, 3.8) is 0 Å². The molecular weight excluding hydrogens is 220 g/mol. The standard InChI is InChI=1S/C13H20O4/c1-2-16-11(14)8-12-4-9-3-10(5-12)7-13(15,6-9)17-12/h9-10,15H,2-8H2,1H3/t9-,10+,12?,13?. The Hall–Kier alpha value is -0.610. The molecule has 2 saturated heterocycles. The highest BCUT2D eigenvalue weighted by molar-refractivity contribution is 5.70. The summed E-state index contributed by atoms with van der Waals surface area (Å²) in [7, 11) is 0. The van der Waals surface area contributed by atoms with Gasteiger partial charge in [-0.2, -0.15) is 0 Å². The summed E-state index contributed by atoms with van der Waals surface area (Å²) in [4.78, 5) is 11.6. The van der Waals surface area contributed by atoms with Crippen molar-refractivity contribution in [2.24, 2.45) is 11.8 Å². The topological polar surface area (TPSA) is 55.8 Å². The molecule has 17 heavy (non-hydrogen) atoms. The minimum atomic E-state index is -0.962. The van der Waals surface area contributed by atoms with Gasteiger partial charge in [0.15, 0.2) is 5.79 Å². The maximum atomic E-state index is 11.6. The second-order valence-corrected chi connectivity index (χ2v) is 6.00. The van der Waals surface area contributed by atoms with Gasteiger partial charge in [-0.3, -0.25) is 4.79 Å². The molecule has 4 rings (SSSR count). The van der Waals surface area contributed by atoms with Gasteiger partial charge in [-0.25, -0.2) is 0 Å². The summed E-state index contributed by atoms with van der Waals surface area (Å²) < 4.78 is 10.9. The molecule has 2 heterocycles. The smallest absolute Gasteiger partial charge is 0.308 e. The van der Waals surface area contributed by atoms with Gasteiger partial charge in [-0.05, 0) is 38.0 Å². The Bertz CT molecular complexity index is 324. The van der Waals surface area contributed by atoms with Crippen LogP contribution in [0.3, 0.4) is 0 Å². The summed E-state index contributed by atoms with van der Waals surface area (Å²) in [5.74, 6) is -0.110. The largest absolute Gasteiger partial charge is 0.466 e. The highest BCUT2D eigenvalue weighted by atomic mass is 16.6. The molecule has 0 aromatic rings. The molecule has 0 amide bonds. The lowest BCUT2D eigenvalue weighted by atomic mass is 9.60. The first kappa shape index (κ1) is 11.5. The maximum absolute atomic E-state index is 11.6. The summed E-state index contributed by atoms with van der Waals surface area (Å²) in [6.45, 7) is 2.22. The van der Waals surface area contributed by atoms with Crippen molar-refractivity contribution in [1.82, 2.24) is 0 Å². The molecule has 4 fully saturated rings.